The minimum atomic E-state index is 0.277. The molecule has 0 saturated carbocycles. The lowest BCUT2D eigenvalue weighted by Crippen LogP contribution is -2.44. The van der Waals surface area contributed by atoms with Crippen molar-refractivity contribution in [2.45, 2.75) is 45.7 Å². The van der Waals surface area contributed by atoms with Crippen molar-refractivity contribution in [1.29, 1.82) is 0 Å². The summed E-state index contributed by atoms with van der Waals surface area (Å²) in [7, 11) is 0. The fourth-order valence-corrected chi connectivity index (χ4v) is 6.19. The summed E-state index contributed by atoms with van der Waals surface area (Å²) in [5.41, 5.74) is 4.20. The molecule has 33 heavy (non-hydrogen) atoms. The highest BCUT2D eigenvalue weighted by molar-refractivity contribution is 5.80. The van der Waals surface area contributed by atoms with Crippen LogP contribution >= 0.6 is 0 Å². The number of pyridine rings is 1. The van der Waals surface area contributed by atoms with Gasteiger partial charge < -0.3 is 14.6 Å². The summed E-state index contributed by atoms with van der Waals surface area (Å²) in [5.74, 6) is 0.408. The van der Waals surface area contributed by atoms with Crippen LogP contribution in [0.4, 0.5) is 0 Å². The predicted octanol–water partition coefficient (Wildman–Crippen LogP) is 4.20. The van der Waals surface area contributed by atoms with E-state index in [9.17, 15) is 5.11 Å². The van der Waals surface area contributed by atoms with Crippen LogP contribution in [0.1, 0.15) is 37.3 Å². The Balaban J connectivity index is 1.21. The van der Waals surface area contributed by atoms with Crippen molar-refractivity contribution >= 4 is 11.0 Å². The smallest absolute Gasteiger partial charge is 0.140 e. The number of aromatic nitrogens is 2. The molecule has 0 aliphatic carbocycles. The zero-order valence-electron chi connectivity index (χ0n) is 20.0. The van der Waals surface area contributed by atoms with Crippen LogP contribution in [0.25, 0.3) is 11.0 Å². The first kappa shape index (κ1) is 22.6. The summed E-state index contributed by atoms with van der Waals surface area (Å²) >= 11 is 0. The summed E-state index contributed by atoms with van der Waals surface area (Å²) in [6.45, 7) is 10.1. The third kappa shape index (κ3) is 4.72. The van der Waals surface area contributed by atoms with Crippen LogP contribution in [0.5, 0.6) is 0 Å². The molecule has 1 spiro atoms. The molecule has 3 aromatic rings. The van der Waals surface area contributed by atoms with E-state index < -0.39 is 0 Å². The van der Waals surface area contributed by atoms with Gasteiger partial charge >= 0.3 is 0 Å². The number of aryl methyl sites for hydroxylation is 1. The molecule has 2 aliphatic rings. The van der Waals surface area contributed by atoms with Gasteiger partial charge in [0.25, 0.3) is 0 Å². The van der Waals surface area contributed by atoms with Gasteiger partial charge in [-0.3, -0.25) is 4.90 Å². The van der Waals surface area contributed by atoms with Crippen LogP contribution in [-0.4, -0.2) is 63.8 Å². The van der Waals surface area contributed by atoms with Gasteiger partial charge in [-0.05, 0) is 67.4 Å². The van der Waals surface area contributed by atoms with Crippen molar-refractivity contribution in [3.05, 3.63) is 66.0 Å². The number of aliphatic hydroxyl groups is 1. The quantitative estimate of drug-likeness (QED) is 0.563. The SMILES string of the molecule is CCCn1cc(CN2CCC3(CC2)CN(CCc2ccccc2)CC3CO)c2cccnc21. The van der Waals surface area contributed by atoms with Crippen LogP contribution in [0, 0.1) is 11.3 Å². The molecular formula is C28H38N4O. The number of aliphatic hydroxyl groups excluding tert-OH is 1. The van der Waals surface area contributed by atoms with Crippen molar-refractivity contribution in [1.82, 2.24) is 19.4 Å². The number of likely N-dealkylation sites (tertiary alicyclic amines) is 2. The van der Waals surface area contributed by atoms with Crippen LogP contribution in [0.2, 0.25) is 0 Å². The maximum Gasteiger partial charge on any atom is 0.140 e. The van der Waals surface area contributed by atoms with E-state index in [1.807, 2.05) is 6.20 Å². The zero-order valence-corrected chi connectivity index (χ0v) is 20.0. The molecule has 2 aliphatic heterocycles. The van der Waals surface area contributed by atoms with Crippen molar-refractivity contribution in [3.63, 3.8) is 0 Å². The van der Waals surface area contributed by atoms with Gasteiger partial charge in [-0.25, -0.2) is 4.98 Å². The van der Waals surface area contributed by atoms with Crippen LogP contribution in [-0.2, 0) is 19.5 Å². The van der Waals surface area contributed by atoms with Crippen molar-refractivity contribution in [3.8, 4) is 0 Å². The van der Waals surface area contributed by atoms with Crippen molar-refractivity contribution in [2.75, 3.05) is 39.3 Å². The molecule has 5 nitrogen and oxygen atoms in total. The molecule has 5 rings (SSSR count). The maximum absolute atomic E-state index is 10.2. The summed E-state index contributed by atoms with van der Waals surface area (Å²) in [6, 6.07) is 15.1. The molecule has 1 atom stereocenters. The lowest BCUT2D eigenvalue weighted by Gasteiger charge is -2.42. The number of rotatable bonds is 8. The van der Waals surface area contributed by atoms with Crippen LogP contribution < -0.4 is 0 Å². The molecule has 2 saturated heterocycles. The number of piperidine rings is 1. The molecule has 0 radical (unpaired) electrons. The minimum Gasteiger partial charge on any atom is -0.396 e. The first-order valence-electron chi connectivity index (χ1n) is 12.7. The first-order chi connectivity index (χ1) is 16.2. The maximum atomic E-state index is 10.2. The number of hydrogen-bond donors (Lipinski definition) is 1. The summed E-state index contributed by atoms with van der Waals surface area (Å²) in [4.78, 5) is 9.87. The normalized spacial score (nSPS) is 21.3. The Morgan fingerprint density at radius 1 is 1.03 bits per heavy atom. The zero-order chi connectivity index (χ0) is 22.7. The van der Waals surface area contributed by atoms with Crippen LogP contribution in [0.15, 0.2) is 54.9 Å². The Labute approximate surface area is 198 Å². The number of hydrogen-bond acceptors (Lipinski definition) is 4. The average Bonchev–Trinajstić information content (AvgIpc) is 3.38. The van der Waals surface area contributed by atoms with Crippen molar-refractivity contribution in [2.24, 2.45) is 11.3 Å². The molecule has 5 heteroatoms. The Hall–Kier alpha value is -2.21. The molecule has 1 N–H and O–H groups in total. The molecule has 176 valence electrons. The van der Waals surface area contributed by atoms with E-state index in [-0.39, 0.29) is 5.41 Å². The number of fused-ring (bicyclic) bond motifs is 1. The van der Waals surface area contributed by atoms with Crippen molar-refractivity contribution < 1.29 is 5.11 Å². The van der Waals surface area contributed by atoms with Gasteiger partial charge in [-0.1, -0.05) is 37.3 Å². The Kier molecular flexibility index (Phi) is 6.81. The monoisotopic (exact) mass is 446 g/mol. The van der Waals surface area contributed by atoms with Gasteiger partial charge in [0, 0.05) is 63.0 Å². The highest BCUT2D eigenvalue weighted by Crippen LogP contribution is 2.44. The second kappa shape index (κ2) is 9.96. The van der Waals surface area contributed by atoms with Gasteiger partial charge in [0.15, 0.2) is 0 Å². The van der Waals surface area contributed by atoms with E-state index in [4.69, 9.17) is 0 Å². The highest BCUT2D eigenvalue weighted by atomic mass is 16.3. The third-order valence-corrected chi connectivity index (χ3v) is 8.09. The summed E-state index contributed by atoms with van der Waals surface area (Å²) in [6.07, 6.45) is 8.81. The molecule has 0 amide bonds. The van der Waals surface area contributed by atoms with E-state index in [2.05, 4.69) is 74.9 Å². The predicted molar refractivity (Wildman–Crippen MR) is 134 cm³/mol. The minimum absolute atomic E-state index is 0.277. The second-order valence-corrected chi connectivity index (χ2v) is 10.2. The van der Waals surface area contributed by atoms with E-state index in [1.54, 1.807) is 0 Å². The molecule has 1 aromatic carbocycles. The Bertz CT molecular complexity index is 1040. The van der Waals surface area contributed by atoms with E-state index in [1.165, 1.54) is 29.4 Å². The van der Waals surface area contributed by atoms with Gasteiger partial charge in [-0.2, -0.15) is 0 Å². The number of benzene rings is 1. The Morgan fingerprint density at radius 3 is 2.61 bits per heavy atom. The molecule has 4 heterocycles. The third-order valence-electron chi connectivity index (χ3n) is 8.09. The first-order valence-corrected chi connectivity index (χ1v) is 12.7. The largest absolute Gasteiger partial charge is 0.396 e. The van der Waals surface area contributed by atoms with Gasteiger partial charge in [-0.15, -0.1) is 0 Å². The molecular weight excluding hydrogens is 408 g/mol. The van der Waals surface area contributed by atoms with E-state index in [0.29, 0.717) is 12.5 Å². The van der Waals surface area contributed by atoms with Gasteiger partial charge in [0.1, 0.15) is 5.65 Å². The Morgan fingerprint density at radius 2 is 1.85 bits per heavy atom. The lowest BCUT2D eigenvalue weighted by atomic mass is 9.71. The molecule has 1 unspecified atom stereocenters. The topological polar surface area (TPSA) is 44.5 Å². The van der Waals surface area contributed by atoms with E-state index >= 15 is 0 Å². The number of nitrogens with zero attached hydrogens (tertiary/aromatic N) is 4. The summed E-state index contributed by atoms with van der Waals surface area (Å²) < 4.78 is 2.32. The molecule has 2 fully saturated rings. The summed E-state index contributed by atoms with van der Waals surface area (Å²) in [5, 5.41) is 11.5. The van der Waals surface area contributed by atoms with Gasteiger partial charge in [0.05, 0.1) is 0 Å². The standard InChI is InChI=1S/C28H38N4O/c1-2-14-32-19-24(26-9-6-13-29-27(26)32)18-30-16-11-28(12-17-30)22-31(20-25(28)21-33)15-10-23-7-4-3-5-8-23/h3-9,13,19,25,33H,2,10-12,14-18,20-22H2,1H3. The van der Waals surface area contributed by atoms with Gasteiger partial charge in [0.2, 0.25) is 0 Å². The molecule has 2 aromatic heterocycles. The molecule has 0 bridgehead atoms. The fourth-order valence-electron chi connectivity index (χ4n) is 6.19. The average molecular weight is 447 g/mol. The fraction of sp³-hybridized carbons (Fsp3) is 0.536. The highest BCUT2D eigenvalue weighted by Gasteiger charge is 2.47. The second-order valence-electron chi connectivity index (χ2n) is 10.2. The van der Waals surface area contributed by atoms with E-state index in [0.717, 1.165) is 64.3 Å². The lowest BCUT2D eigenvalue weighted by molar-refractivity contribution is 0.0485. The van der Waals surface area contributed by atoms with Crippen LogP contribution in [0.3, 0.4) is 0 Å².